The molecule has 0 amide bonds. The Hall–Kier alpha value is -2.57. The summed E-state index contributed by atoms with van der Waals surface area (Å²) in [5, 5.41) is 4.48. The lowest BCUT2D eigenvalue weighted by molar-refractivity contribution is 1.05. The Bertz CT molecular complexity index is 854. The van der Waals surface area contributed by atoms with Crippen LogP contribution in [-0.2, 0) is 5.75 Å². The van der Waals surface area contributed by atoms with E-state index in [1.54, 1.807) is 24.2 Å². The number of nitrogens with zero attached hydrogens (tertiary/aromatic N) is 3. The van der Waals surface area contributed by atoms with E-state index in [1.165, 1.54) is 11.1 Å². The highest BCUT2D eigenvalue weighted by molar-refractivity contribution is 8.22. The van der Waals surface area contributed by atoms with Crippen LogP contribution in [0.4, 0.5) is 0 Å². The van der Waals surface area contributed by atoms with E-state index in [0.29, 0.717) is 10.0 Å². The van der Waals surface area contributed by atoms with Crippen LogP contribution in [0, 0.1) is 6.92 Å². The fourth-order valence-corrected chi connectivity index (χ4v) is 3.24. The maximum absolute atomic E-state index is 5.42. The number of aryl methyl sites for hydroxylation is 1. The fourth-order valence-electron chi connectivity index (χ4n) is 2.30. The first-order chi connectivity index (χ1) is 12.7. The van der Waals surface area contributed by atoms with Crippen LogP contribution in [0.25, 0.3) is 0 Å². The molecule has 0 fully saturated rings. The third-order valence-electron chi connectivity index (χ3n) is 3.69. The molecule has 0 radical (unpaired) electrons. The van der Waals surface area contributed by atoms with Gasteiger partial charge in [-0.1, -0.05) is 60.4 Å². The van der Waals surface area contributed by atoms with Crippen LogP contribution in [0.2, 0.25) is 0 Å². The van der Waals surface area contributed by atoms with Gasteiger partial charge in [0, 0.05) is 18.1 Å². The minimum atomic E-state index is 0.609. The second-order valence-electron chi connectivity index (χ2n) is 5.50. The molecule has 0 saturated heterocycles. The molecule has 2 aromatic heterocycles. The summed E-state index contributed by atoms with van der Waals surface area (Å²) in [5.41, 5.74) is 7.63. The average molecular weight is 379 g/mol. The van der Waals surface area contributed by atoms with Crippen molar-refractivity contribution in [3.05, 3.63) is 95.6 Å². The maximum Gasteiger partial charge on any atom is 0.154 e. The largest absolute Gasteiger partial charge is 0.262 e. The van der Waals surface area contributed by atoms with Gasteiger partial charge in [0.1, 0.15) is 5.71 Å². The van der Waals surface area contributed by atoms with Crippen LogP contribution in [0.15, 0.2) is 78.2 Å². The van der Waals surface area contributed by atoms with Crippen molar-refractivity contribution in [3.63, 3.8) is 0 Å². The molecule has 0 bridgehead atoms. The van der Waals surface area contributed by atoms with E-state index in [4.69, 9.17) is 12.2 Å². The lowest BCUT2D eigenvalue weighted by Gasteiger charge is -2.08. The molecule has 0 aliphatic heterocycles. The Labute approximate surface area is 162 Å². The van der Waals surface area contributed by atoms with E-state index in [9.17, 15) is 0 Å². The molecule has 1 aromatic carbocycles. The third kappa shape index (κ3) is 4.97. The Kier molecular flexibility index (Phi) is 6.46. The molecular formula is C20H18N4S2. The van der Waals surface area contributed by atoms with Gasteiger partial charge in [-0.15, -0.1) is 0 Å². The van der Waals surface area contributed by atoms with E-state index in [-0.39, 0.29) is 0 Å². The number of nitrogens with one attached hydrogen (secondary N) is 1. The lowest BCUT2D eigenvalue weighted by Crippen LogP contribution is -2.17. The van der Waals surface area contributed by atoms with Crippen LogP contribution in [-0.4, -0.2) is 20.0 Å². The van der Waals surface area contributed by atoms with Crippen molar-refractivity contribution in [1.29, 1.82) is 0 Å². The summed E-state index contributed by atoms with van der Waals surface area (Å²) < 4.78 is 0.609. The van der Waals surface area contributed by atoms with E-state index in [0.717, 1.165) is 17.1 Å². The highest BCUT2D eigenvalue weighted by Crippen LogP contribution is 2.16. The smallest absolute Gasteiger partial charge is 0.154 e. The molecule has 130 valence electrons. The monoisotopic (exact) mass is 378 g/mol. The zero-order chi connectivity index (χ0) is 18.2. The van der Waals surface area contributed by atoms with Gasteiger partial charge in [0.25, 0.3) is 0 Å². The van der Waals surface area contributed by atoms with Gasteiger partial charge < -0.3 is 0 Å². The summed E-state index contributed by atoms with van der Waals surface area (Å²) in [7, 11) is 0. The quantitative estimate of drug-likeness (QED) is 0.406. The summed E-state index contributed by atoms with van der Waals surface area (Å²) in [6.07, 6.45) is 3.47. The van der Waals surface area contributed by atoms with Gasteiger partial charge in [-0.25, -0.2) is 0 Å². The Morgan fingerprint density at radius 3 is 2.15 bits per heavy atom. The molecule has 2 heterocycles. The summed E-state index contributed by atoms with van der Waals surface area (Å²) in [5.74, 6) is 0.802. The first-order valence-electron chi connectivity index (χ1n) is 8.12. The van der Waals surface area contributed by atoms with Crippen LogP contribution >= 0.6 is 24.0 Å². The number of thiocarbonyl (C=S) groups is 1. The van der Waals surface area contributed by atoms with Crippen molar-refractivity contribution in [1.82, 2.24) is 15.4 Å². The molecule has 0 aliphatic rings. The Balaban J connectivity index is 1.72. The SMILES string of the molecule is Cc1ccccc1CSC(=S)NN=C(c1ccccn1)c1ccccn1. The van der Waals surface area contributed by atoms with Crippen molar-refractivity contribution in [2.45, 2.75) is 12.7 Å². The van der Waals surface area contributed by atoms with Gasteiger partial charge >= 0.3 is 0 Å². The number of hydrogen-bond acceptors (Lipinski definition) is 5. The van der Waals surface area contributed by atoms with Gasteiger partial charge in [-0.05, 0) is 42.3 Å². The van der Waals surface area contributed by atoms with Gasteiger partial charge in [0.05, 0.1) is 11.4 Å². The number of rotatable bonds is 5. The molecule has 3 rings (SSSR count). The maximum atomic E-state index is 5.42. The molecule has 26 heavy (non-hydrogen) atoms. The number of hydrazone groups is 1. The van der Waals surface area contributed by atoms with Crippen molar-refractivity contribution < 1.29 is 0 Å². The summed E-state index contributed by atoms with van der Waals surface area (Å²) in [4.78, 5) is 8.76. The topological polar surface area (TPSA) is 50.2 Å². The van der Waals surface area contributed by atoms with Crippen LogP contribution < -0.4 is 5.43 Å². The molecular weight excluding hydrogens is 360 g/mol. The van der Waals surface area contributed by atoms with Crippen molar-refractivity contribution in [2.75, 3.05) is 0 Å². The summed E-state index contributed by atoms with van der Waals surface area (Å²) >= 11 is 6.97. The van der Waals surface area contributed by atoms with E-state index in [1.807, 2.05) is 48.5 Å². The molecule has 3 aromatic rings. The minimum Gasteiger partial charge on any atom is -0.262 e. The number of benzene rings is 1. The molecule has 0 aliphatic carbocycles. The van der Waals surface area contributed by atoms with Gasteiger partial charge in [0.2, 0.25) is 0 Å². The summed E-state index contributed by atoms with van der Waals surface area (Å²) in [6.45, 7) is 2.10. The Morgan fingerprint density at radius 1 is 0.962 bits per heavy atom. The predicted molar refractivity (Wildman–Crippen MR) is 112 cm³/mol. The molecule has 0 spiro atoms. The molecule has 0 saturated carbocycles. The van der Waals surface area contributed by atoms with Crippen LogP contribution in [0.1, 0.15) is 22.5 Å². The zero-order valence-electron chi connectivity index (χ0n) is 14.3. The van der Waals surface area contributed by atoms with Gasteiger partial charge in [-0.3, -0.25) is 15.4 Å². The Morgan fingerprint density at radius 2 is 1.58 bits per heavy atom. The summed E-state index contributed by atoms with van der Waals surface area (Å²) in [6, 6.07) is 19.7. The fraction of sp³-hybridized carbons (Fsp3) is 0.100. The van der Waals surface area contributed by atoms with Gasteiger partial charge in [0.15, 0.2) is 4.32 Å². The second kappa shape index (κ2) is 9.22. The first kappa shape index (κ1) is 18.2. The number of thioether (sulfide) groups is 1. The predicted octanol–water partition coefficient (Wildman–Crippen LogP) is 4.35. The number of hydrogen-bond donors (Lipinski definition) is 1. The molecule has 4 nitrogen and oxygen atoms in total. The molecule has 1 N–H and O–H groups in total. The molecule has 6 heteroatoms. The molecule has 0 atom stereocenters. The van der Waals surface area contributed by atoms with Crippen LogP contribution in [0.3, 0.4) is 0 Å². The van der Waals surface area contributed by atoms with Crippen LogP contribution in [0.5, 0.6) is 0 Å². The van der Waals surface area contributed by atoms with E-state index >= 15 is 0 Å². The van der Waals surface area contributed by atoms with Crippen molar-refractivity contribution in [2.24, 2.45) is 5.10 Å². The second-order valence-corrected chi connectivity index (χ2v) is 7.16. The minimum absolute atomic E-state index is 0.609. The van der Waals surface area contributed by atoms with E-state index in [2.05, 4.69) is 39.6 Å². The van der Waals surface area contributed by atoms with Gasteiger partial charge in [-0.2, -0.15) is 5.10 Å². The number of aromatic nitrogens is 2. The average Bonchev–Trinajstić information content (AvgIpc) is 2.69. The van der Waals surface area contributed by atoms with E-state index < -0.39 is 0 Å². The highest BCUT2D eigenvalue weighted by atomic mass is 32.2. The first-order valence-corrected chi connectivity index (χ1v) is 9.51. The van der Waals surface area contributed by atoms with Crippen molar-refractivity contribution in [3.8, 4) is 0 Å². The third-order valence-corrected chi connectivity index (χ3v) is 4.95. The normalized spacial score (nSPS) is 10.2. The van der Waals surface area contributed by atoms with Crippen molar-refractivity contribution >= 4 is 34.0 Å². The zero-order valence-corrected chi connectivity index (χ0v) is 15.9. The standard InChI is InChI=1S/C20H18N4S2/c1-15-8-2-3-9-16(15)14-26-20(25)24-23-19(17-10-4-6-12-21-17)18-11-5-7-13-22-18/h2-13H,14H2,1H3,(H,24,25). The number of pyridine rings is 2. The molecule has 0 unspecified atom stereocenters. The lowest BCUT2D eigenvalue weighted by atomic mass is 10.1. The highest BCUT2D eigenvalue weighted by Gasteiger charge is 2.10.